The maximum atomic E-state index is 5.62. The Morgan fingerprint density at radius 1 is 1.00 bits per heavy atom. The fraction of sp³-hybridized carbons (Fsp3) is 0.286. The van der Waals surface area contributed by atoms with Crippen molar-refractivity contribution in [1.82, 2.24) is 0 Å². The Balaban J connectivity index is 2.33. The van der Waals surface area contributed by atoms with Crippen LogP contribution in [0.2, 0.25) is 0 Å². The van der Waals surface area contributed by atoms with Gasteiger partial charge in [0.25, 0.3) is 0 Å². The Kier molecular flexibility index (Phi) is 3.20. The minimum absolute atomic E-state index is 0.139. The number of hydrogen-bond acceptors (Lipinski definition) is 1. The lowest BCUT2D eigenvalue weighted by Crippen LogP contribution is -1.92. The Labute approximate surface area is 105 Å². The molecular formula is C14H15BrO. The molecule has 0 aliphatic heterocycles. The molecule has 0 saturated heterocycles. The van der Waals surface area contributed by atoms with Crippen molar-refractivity contribution in [3.63, 3.8) is 0 Å². The lowest BCUT2D eigenvalue weighted by molar-refractivity contribution is 0.492. The molecule has 2 rings (SSSR count). The highest BCUT2D eigenvalue weighted by Gasteiger charge is 2.14. The molecule has 0 saturated carbocycles. The smallest absolute Gasteiger partial charge is 0.122 e. The maximum Gasteiger partial charge on any atom is 0.122 e. The van der Waals surface area contributed by atoms with Gasteiger partial charge in [-0.2, -0.15) is 0 Å². The second kappa shape index (κ2) is 4.46. The summed E-state index contributed by atoms with van der Waals surface area (Å²) in [7, 11) is 0. The molecular weight excluding hydrogens is 264 g/mol. The summed E-state index contributed by atoms with van der Waals surface area (Å²) in [5, 5.41) is 0. The Bertz CT molecular complexity index is 499. The molecule has 84 valence electrons. The van der Waals surface area contributed by atoms with Crippen molar-refractivity contribution in [2.24, 2.45) is 0 Å². The van der Waals surface area contributed by atoms with Gasteiger partial charge in [-0.15, -0.1) is 0 Å². The van der Waals surface area contributed by atoms with Crippen LogP contribution in [0.4, 0.5) is 0 Å². The van der Waals surface area contributed by atoms with E-state index >= 15 is 0 Å². The largest absolute Gasteiger partial charge is 0.465 e. The number of halogens is 1. The monoisotopic (exact) mass is 278 g/mol. The van der Waals surface area contributed by atoms with Crippen LogP contribution in [0.15, 0.2) is 34.7 Å². The first kappa shape index (κ1) is 11.5. The molecule has 1 unspecified atom stereocenters. The molecule has 0 radical (unpaired) electrons. The van der Waals surface area contributed by atoms with Gasteiger partial charge >= 0.3 is 0 Å². The van der Waals surface area contributed by atoms with Gasteiger partial charge in [-0.05, 0) is 49.6 Å². The van der Waals surface area contributed by atoms with Gasteiger partial charge in [0.1, 0.15) is 11.5 Å². The predicted molar refractivity (Wildman–Crippen MR) is 70.1 cm³/mol. The molecule has 0 fully saturated rings. The summed E-state index contributed by atoms with van der Waals surface area (Å²) in [6.45, 7) is 6.22. The van der Waals surface area contributed by atoms with E-state index in [2.05, 4.69) is 48.0 Å². The summed E-state index contributed by atoms with van der Waals surface area (Å²) < 4.78 is 5.62. The molecule has 1 heterocycles. The molecule has 1 aromatic heterocycles. The summed E-state index contributed by atoms with van der Waals surface area (Å²) in [4.78, 5) is 0.139. The quantitative estimate of drug-likeness (QED) is 0.727. The number of hydrogen-bond donors (Lipinski definition) is 0. The molecule has 1 aromatic carbocycles. The Morgan fingerprint density at radius 2 is 1.75 bits per heavy atom. The number of benzene rings is 1. The van der Waals surface area contributed by atoms with Crippen molar-refractivity contribution in [2.75, 3.05) is 0 Å². The average molecular weight is 279 g/mol. The van der Waals surface area contributed by atoms with Crippen LogP contribution in [0.5, 0.6) is 0 Å². The first-order valence-corrected chi connectivity index (χ1v) is 6.27. The third-order valence-corrected chi connectivity index (χ3v) is 3.81. The van der Waals surface area contributed by atoms with E-state index in [1.165, 1.54) is 16.7 Å². The van der Waals surface area contributed by atoms with Gasteiger partial charge < -0.3 is 4.42 Å². The zero-order valence-corrected chi connectivity index (χ0v) is 11.3. The van der Waals surface area contributed by atoms with E-state index in [1.54, 1.807) is 0 Å². The SMILES string of the molecule is Cc1ccc(C(Br)c2ccc(C)c(C)c2)o1. The summed E-state index contributed by atoms with van der Waals surface area (Å²) in [6, 6.07) is 10.5. The third kappa shape index (κ3) is 2.22. The van der Waals surface area contributed by atoms with Gasteiger partial charge in [-0.1, -0.05) is 34.1 Å². The second-order valence-corrected chi connectivity index (χ2v) is 5.07. The topological polar surface area (TPSA) is 13.1 Å². The van der Waals surface area contributed by atoms with Crippen LogP contribution in [0.3, 0.4) is 0 Å². The van der Waals surface area contributed by atoms with Gasteiger partial charge in [0.15, 0.2) is 0 Å². The van der Waals surface area contributed by atoms with Gasteiger partial charge in [0, 0.05) is 0 Å². The first-order valence-electron chi connectivity index (χ1n) is 5.35. The molecule has 0 bridgehead atoms. The van der Waals surface area contributed by atoms with Crippen LogP contribution in [0, 0.1) is 20.8 Å². The van der Waals surface area contributed by atoms with Crippen molar-refractivity contribution >= 4 is 15.9 Å². The van der Waals surface area contributed by atoms with Crippen LogP contribution >= 0.6 is 15.9 Å². The van der Waals surface area contributed by atoms with E-state index < -0.39 is 0 Å². The standard InChI is InChI=1S/C14H15BrO/c1-9-4-6-12(8-10(9)2)14(15)13-7-5-11(3)16-13/h4-8,14H,1-3H3. The second-order valence-electron chi connectivity index (χ2n) is 4.15. The fourth-order valence-electron chi connectivity index (χ4n) is 1.68. The molecule has 0 aliphatic carbocycles. The average Bonchev–Trinajstić information content (AvgIpc) is 2.68. The number of alkyl halides is 1. The molecule has 1 atom stereocenters. The van der Waals surface area contributed by atoms with Gasteiger partial charge in [-0.3, -0.25) is 0 Å². The van der Waals surface area contributed by atoms with E-state index in [9.17, 15) is 0 Å². The van der Waals surface area contributed by atoms with Crippen molar-refractivity contribution in [2.45, 2.75) is 25.6 Å². The van der Waals surface area contributed by atoms with Crippen LogP contribution in [0.25, 0.3) is 0 Å². The lowest BCUT2D eigenvalue weighted by Gasteiger charge is -2.09. The van der Waals surface area contributed by atoms with Gasteiger partial charge in [0.05, 0.1) is 4.83 Å². The summed E-state index contributed by atoms with van der Waals surface area (Å²) >= 11 is 3.67. The first-order chi connectivity index (χ1) is 7.58. The van der Waals surface area contributed by atoms with Crippen LogP contribution < -0.4 is 0 Å². The van der Waals surface area contributed by atoms with E-state index in [1.807, 2.05) is 19.1 Å². The predicted octanol–water partition coefficient (Wildman–Crippen LogP) is 4.69. The van der Waals surface area contributed by atoms with E-state index in [0.29, 0.717) is 0 Å². The van der Waals surface area contributed by atoms with Crippen LogP contribution in [-0.4, -0.2) is 0 Å². The lowest BCUT2D eigenvalue weighted by atomic mass is 10.0. The van der Waals surface area contributed by atoms with Gasteiger partial charge in [0.2, 0.25) is 0 Å². The summed E-state index contributed by atoms with van der Waals surface area (Å²) in [5.74, 6) is 1.91. The number of rotatable bonds is 2. The van der Waals surface area contributed by atoms with Crippen molar-refractivity contribution < 1.29 is 4.42 Å². The molecule has 0 aliphatic rings. The van der Waals surface area contributed by atoms with E-state index in [0.717, 1.165) is 11.5 Å². The van der Waals surface area contributed by atoms with Crippen LogP contribution in [0.1, 0.15) is 33.0 Å². The van der Waals surface area contributed by atoms with Gasteiger partial charge in [-0.25, -0.2) is 0 Å². The third-order valence-electron chi connectivity index (χ3n) is 2.83. The van der Waals surface area contributed by atoms with Crippen molar-refractivity contribution in [3.8, 4) is 0 Å². The van der Waals surface area contributed by atoms with Crippen molar-refractivity contribution in [1.29, 1.82) is 0 Å². The zero-order valence-electron chi connectivity index (χ0n) is 9.75. The minimum Gasteiger partial charge on any atom is -0.465 e. The molecule has 0 N–H and O–H groups in total. The zero-order chi connectivity index (χ0) is 11.7. The fourth-order valence-corrected chi connectivity index (χ4v) is 2.21. The normalized spacial score (nSPS) is 12.8. The number of aryl methyl sites for hydroxylation is 3. The van der Waals surface area contributed by atoms with E-state index in [-0.39, 0.29) is 4.83 Å². The highest BCUT2D eigenvalue weighted by atomic mass is 79.9. The molecule has 1 nitrogen and oxygen atoms in total. The van der Waals surface area contributed by atoms with E-state index in [4.69, 9.17) is 4.42 Å². The molecule has 2 aromatic rings. The molecule has 0 spiro atoms. The Morgan fingerprint density at radius 3 is 2.31 bits per heavy atom. The molecule has 2 heteroatoms. The summed E-state index contributed by atoms with van der Waals surface area (Å²) in [6.07, 6.45) is 0. The molecule has 16 heavy (non-hydrogen) atoms. The maximum absolute atomic E-state index is 5.62. The highest BCUT2D eigenvalue weighted by molar-refractivity contribution is 9.09. The highest BCUT2D eigenvalue weighted by Crippen LogP contribution is 2.32. The molecule has 0 amide bonds. The minimum atomic E-state index is 0.139. The number of furan rings is 1. The van der Waals surface area contributed by atoms with Crippen LogP contribution in [-0.2, 0) is 0 Å². The van der Waals surface area contributed by atoms with Crippen molar-refractivity contribution in [3.05, 3.63) is 58.5 Å². The summed E-state index contributed by atoms with van der Waals surface area (Å²) in [5.41, 5.74) is 3.86. The Hall–Kier alpha value is -1.02.